The van der Waals surface area contributed by atoms with Crippen LogP contribution in [0.5, 0.6) is 0 Å². The standard InChI is InChI=1S/C13H23N3/c1-5-14-9-13(11(3)4)7-12-8-15-16(6-2)10-12/h7-8,10-11,14H,5-6,9H2,1-4H3. The predicted molar refractivity (Wildman–Crippen MR) is 69.3 cm³/mol. The Morgan fingerprint density at radius 2 is 2.25 bits per heavy atom. The highest BCUT2D eigenvalue weighted by atomic mass is 15.3. The quantitative estimate of drug-likeness (QED) is 0.800. The molecule has 0 aromatic carbocycles. The number of aromatic nitrogens is 2. The summed E-state index contributed by atoms with van der Waals surface area (Å²) in [5.74, 6) is 0.573. The average molecular weight is 221 g/mol. The van der Waals surface area contributed by atoms with Gasteiger partial charge < -0.3 is 5.32 Å². The van der Waals surface area contributed by atoms with Crippen LogP contribution in [-0.4, -0.2) is 22.9 Å². The molecular formula is C13H23N3. The number of hydrogen-bond donors (Lipinski definition) is 1. The third-order valence-electron chi connectivity index (χ3n) is 2.65. The van der Waals surface area contributed by atoms with Gasteiger partial charge in [-0.05, 0) is 19.4 Å². The summed E-state index contributed by atoms with van der Waals surface area (Å²) in [5.41, 5.74) is 2.63. The molecule has 0 atom stereocenters. The van der Waals surface area contributed by atoms with Gasteiger partial charge in [-0.2, -0.15) is 5.10 Å². The van der Waals surface area contributed by atoms with Crippen LogP contribution in [0.15, 0.2) is 18.0 Å². The van der Waals surface area contributed by atoms with Crippen molar-refractivity contribution in [2.45, 2.75) is 34.2 Å². The number of likely N-dealkylation sites (N-methyl/N-ethyl adjacent to an activating group) is 1. The largest absolute Gasteiger partial charge is 0.313 e. The molecule has 0 spiro atoms. The van der Waals surface area contributed by atoms with Gasteiger partial charge in [0.25, 0.3) is 0 Å². The third kappa shape index (κ3) is 3.81. The lowest BCUT2D eigenvalue weighted by molar-refractivity contribution is 0.659. The van der Waals surface area contributed by atoms with Crippen LogP contribution in [0.1, 0.15) is 33.3 Å². The van der Waals surface area contributed by atoms with E-state index in [1.807, 2.05) is 10.9 Å². The fourth-order valence-electron chi connectivity index (χ4n) is 1.53. The van der Waals surface area contributed by atoms with E-state index in [0.717, 1.165) is 19.6 Å². The fourth-order valence-corrected chi connectivity index (χ4v) is 1.53. The van der Waals surface area contributed by atoms with E-state index in [1.165, 1.54) is 11.1 Å². The molecule has 0 bridgehead atoms. The van der Waals surface area contributed by atoms with E-state index in [0.29, 0.717) is 5.92 Å². The number of nitrogens with one attached hydrogen (secondary N) is 1. The highest BCUT2D eigenvalue weighted by Crippen LogP contribution is 2.13. The van der Waals surface area contributed by atoms with Crippen LogP contribution in [0.25, 0.3) is 6.08 Å². The van der Waals surface area contributed by atoms with Crippen molar-refractivity contribution in [1.29, 1.82) is 0 Å². The smallest absolute Gasteiger partial charge is 0.0562 e. The second-order valence-corrected chi connectivity index (χ2v) is 4.28. The van der Waals surface area contributed by atoms with Gasteiger partial charge in [0.15, 0.2) is 0 Å². The SMILES string of the molecule is CCNCC(=Cc1cnn(CC)c1)C(C)C. The summed E-state index contributed by atoms with van der Waals surface area (Å²) in [6, 6.07) is 0. The van der Waals surface area contributed by atoms with E-state index in [9.17, 15) is 0 Å². The Kier molecular flexibility index (Phi) is 5.26. The Balaban J connectivity index is 2.75. The molecule has 1 N–H and O–H groups in total. The summed E-state index contributed by atoms with van der Waals surface area (Å²) in [6.45, 7) is 11.6. The lowest BCUT2D eigenvalue weighted by Crippen LogP contribution is -2.18. The first-order chi connectivity index (χ1) is 7.67. The Labute approximate surface area is 98.5 Å². The molecule has 0 saturated carbocycles. The van der Waals surface area contributed by atoms with Crippen molar-refractivity contribution in [3.63, 3.8) is 0 Å². The van der Waals surface area contributed by atoms with Crippen LogP contribution < -0.4 is 5.32 Å². The van der Waals surface area contributed by atoms with Gasteiger partial charge >= 0.3 is 0 Å². The molecule has 0 fully saturated rings. The summed E-state index contributed by atoms with van der Waals surface area (Å²) < 4.78 is 1.96. The highest BCUT2D eigenvalue weighted by molar-refractivity contribution is 5.51. The van der Waals surface area contributed by atoms with E-state index in [1.54, 1.807) is 0 Å². The predicted octanol–water partition coefficient (Wildman–Crippen LogP) is 2.55. The first-order valence-corrected chi connectivity index (χ1v) is 6.11. The topological polar surface area (TPSA) is 29.9 Å². The molecule has 16 heavy (non-hydrogen) atoms. The fraction of sp³-hybridized carbons (Fsp3) is 0.615. The Bertz CT molecular complexity index is 337. The molecular weight excluding hydrogens is 198 g/mol. The first-order valence-electron chi connectivity index (χ1n) is 6.11. The maximum atomic E-state index is 4.28. The summed E-state index contributed by atoms with van der Waals surface area (Å²) in [5, 5.41) is 7.65. The maximum absolute atomic E-state index is 4.28. The van der Waals surface area contributed by atoms with Crippen LogP contribution in [0.2, 0.25) is 0 Å². The van der Waals surface area contributed by atoms with Crippen molar-refractivity contribution < 1.29 is 0 Å². The van der Waals surface area contributed by atoms with Crippen molar-refractivity contribution in [3.05, 3.63) is 23.5 Å². The maximum Gasteiger partial charge on any atom is 0.0562 e. The van der Waals surface area contributed by atoms with E-state index in [-0.39, 0.29) is 0 Å². The van der Waals surface area contributed by atoms with Crippen molar-refractivity contribution in [3.8, 4) is 0 Å². The molecule has 0 unspecified atom stereocenters. The minimum atomic E-state index is 0.573. The van der Waals surface area contributed by atoms with E-state index in [2.05, 4.69) is 50.4 Å². The molecule has 0 aliphatic carbocycles. The summed E-state index contributed by atoms with van der Waals surface area (Å²) in [6.07, 6.45) is 6.26. The molecule has 1 heterocycles. The number of aryl methyl sites for hydroxylation is 1. The van der Waals surface area contributed by atoms with Crippen LogP contribution in [0.3, 0.4) is 0 Å². The molecule has 0 aliphatic rings. The van der Waals surface area contributed by atoms with Gasteiger partial charge in [0.05, 0.1) is 6.20 Å². The lowest BCUT2D eigenvalue weighted by atomic mass is 10.0. The minimum Gasteiger partial charge on any atom is -0.313 e. The molecule has 1 aromatic rings. The molecule has 0 saturated heterocycles. The van der Waals surface area contributed by atoms with Crippen LogP contribution in [0, 0.1) is 5.92 Å². The van der Waals surface area contributed by atoms with Gasteiger partial charge in [0.2, 0.25) is 0 Å². The second kappa shape index (κ2) is 6.48. The molecule has 3 heteroatoms. The van der Waals surface area contributed by atoms with E-state index >= 15 is 0 Å². The van der Waals surface area contributed by atoms with Crippen LogP contribution in [0.4, 0.5) is 0 Å². The number of hydrogen-bond acceptors (Lipinski definition) is 2. The second-order valence-electron chi connectivity index (χ2n) is 4.28. The highest BCUT2D eigenvalue weighted by Gasteiger charge is 2.03. The summed E-state index contributed by atoms with van der Waals surface area (Å²) in [7, 11) is 0. The number of rotatable bonds is 6. The number of nitrogens with zero attached hydrogens (tertiary/aromatic N) is 2. The zero-order valence-corrected chi connectivity index (χ0v) is 10.8. The van der Waals surface area contributed by atoms with Crippen molar-refractivity contribution in [2.24, 2.45) is 5.92 Å². The Hall–Kier alpha value is -1.09. The molecule has 1 aromatic heterocycles. The normalized spacial score (nSPS) is 12.4. The van der Waals surface area contributed by atoms with Gasteiger partial charge in [-0.15, -0.1) is 0 Å². The first kappa shape index (κ1) is 13.0. The Morgan fingerprint density at radius 1 is 1.50 bits per heavy atom. The van der Waals surface area contributed by atoms with Crippen molar-refractivity contribution in [1.82, 2.24) is 15.1 Å². The molecule has 90 valence electrons. The van der Waals surface area contributed by atoms with Gasteiger partial charge in [0.1, 0.15) is 0 Å². The van der Waals surface area contributed by atoms with E-state index < -0.39 is 0 Å². The Morgan fingerprint density at radius 3 is 2.75 bits per heavy atom. The zero-order chi connectivity index (χ0) is 12.0. The van der Waals surface area contributed by atoms with Crippen molar-refractivity contribution >= 4 is 6.08 Å². The summed E-state index contributed by atoms with van der Waals surface area (Å²) >= 11 is 0. The minimum absolute atomic E-state index is 0.573. The van der Waals surface area contributed by atoms with Crippen molar-refractivity contribution in [2.75, 3.05) is 13.1 Å². The van der Waals surface area contributed by atoms with Gasteiger partial charge in [0, 0.05) is 24.8 Å². The van der Waals surface area contributed by atoms with Gasteiger partial charge in [-0.1, -0.05) is 32.4 Å². The molecule has 3 nitrogen and oxygen atoms in total. The average Bonchev–Trinajstić information content (AvgIpc) is 2.71. The molecule has 0 amide bonds. The summed E-state index contributed by atoms with van der Waals surface area (Å²) in [4.78, 5) is 0. The monoisotopic (exact) mass is 221 g/mol. The molecule has 0 radical (unpaired) electrons. The van der Waals surface area contributed by atoms with E-state index in [4.69, 9.17) is 0 Å². The van der Waals surface area contributed by atoms with Gasteiger partial charge in [-0.25, -0.2) is 0 Å². The molecule has 1 rings (SSSR count). The third-order valence-corrected chi connectivity index (χ3v) is 2.65. The van der Waals surface area contributed by atoms with Crippen LogP contribution in [-0.2, 0) is 6.54 Å². The molecule has 0 aliphatic heterocycles. The lowest BCUT2D eigenvalue weighted by Gasteiger charge is -2.11. The van der Waals surface area contributed by atoms with Crippen LogP contribution >= 0.6 is 0 Å². The van der Waals surface area contributed by atoms with Gasteiger partial charge in [-0.3, -0.25) is 4.68 Å². The zero-order valence-electron chi connectivity index (χ0n) is 10.8.